The number of nitrogens with zero attached hydrogens (tertiary/aromatic N) is 2. The molecule has 1 aromatic carbocycles. The summed E-state index contributed by atoms with van der Waals surface area (Å²) in [6.07, 6.45) is 8.64. The Labute approximate surface area is 124 Å². The van der Waals surface area contributed by atoms with Crippen molar-refractivity contribution in [3.05, 3.63) is 52.1 Å². The minimum absolute atomic E-state index is 0.0189. The molecule has 1 spiro atoms. The van der Waals surface area contributed by atoms with Crippen LogP contribution in [0.1, 0.15) is 43.2 Å². The monoisotopic (exact) mass is 280 g/mol. The van der Waals surface area contributed by atoms with Crippen LogP contribution >= 0.6 is 0 Å². The Morgan fingerprint density at radius 2 is 1.90 bits per heavy atom. The lowest BCUT2D eigenvalue weighted by Crippen LogP contribution is -2.42. The quantitative estimate of drug-likeness (QED) is 0.742. The van der Waals surface area contributed by atoms with Crippen molar-refractivity contribution in [2.24, 2.45) is 7.05 Å². The molecular formula is C18H20N2O. The van der Waals surface area contributed by atoms with Gasteiger partial charge in [-0.1, -0.05) is 43.5 Å². The maximum Gasteiger partial charge on any atom is 0.257 e. The molecule has 3 nitrogen and oxygen atoms in total. The molecular weight excluding hydrogens is 260 g/mol. The smallest absolute Gasteiger partial charge is 0.257 e. The van der Waals surface area contributed by atoms with Crippen LogP contribution in [0.15, 0.2) is 35.4 Å². The maximum absolute atomic E-state index is 12.8. The first-order valence-electron chi connectivity index (χ1n) is 7.86. The molecule has 2 aliphatic carbocycles. The van der Waals surface area contributed by atoms with Crippen molar-refractivity contribution in [1.82, 2.24) is 9.55 Å². The lowest BCUT2D eigenvalue weighted by Gasteiger charge is -2.41. The summed E-state index contributed by atoms with van der Waals surface area (Å²) in [5.74, 6) is 0. The van der Waals surface area contributed by atoms with Gasteiger partial charge in [-0.3, -0.25) is 4.79 Å². The van der Waals surface area contributed by atoms with Gasteiger partial charge in [0, 0.05) is 18.0 Å². The predicted octanol–water partition coefficient (Wildman–Crippen LogP) is 3.21. The fourth-order valence-corrected chi connectivity index (χ4v) is 4.23. The highest BCUT2D eigenvalue weighted by Crippen LogP contribution is 2.48. The zero-order chi connectivity index (χ0) is 14.4. The summed E-state index contributed by atoms with van der Waals surface area (Å²) >= 11 is 0. The van der Waals surface area contributed by atoms with Gasteiger partial charge in [-0.15, -0.1) is 0 Å². The molecule has 0 unspecified atom stereocenters. The normalized spacial score (nSPS) is 19.1. The van der Waals surface area contributed by atoms with Crippen LogP contribution in [0.25, 0.3) is 11.3 Å². The molecule has 1 aromatic heterocycles. The van der Waals surface area contributed by atoms with Gasteiger partial charge in [-0.05, 0) is 24.8 Å². The van der Waals surface area contributed by atoms with E-state index in [1.54, 1.807) is 10.9 Å². The molecule has 108 valence electrons. The van der Waals surface area contributed by atoms with E-state index in [0.29, 0.717) is 0 Å². The average Bonchev–Trinajstić information content (AvgIpc) is 2.51. The molecule has 1 saturated carbocycles. The van der Waals surface area contributed by atoms with Crippen LogP contribution in [-0.2, 0) is 18.9 Å². The van der Waals surface area contributed by atoms with Gasteiger partial charge in [0.1, 0.15) is 0 Å². The van der Waals surface area contributed by atoms with Gasteiger partial charge < -0.3 is 4.57 Å². The van der Waals surface area contributed by atoms with Gasteiger partial charge >= 0.3 is 0 Å². The van der Waals surface area contributed by atoms with Crippen LogP contribution in [-0.4, -0.2) is 9.55 Å². The number of aromatic nitrogens is 2. The van der Waals surface area contributed by atoms with Crippen LogP contribution in [0.4, 0.5) is 0 Å². The molecule has 3 heteroatoms. The van der Waals surface area contributed by atoms with E-state index in [4.69, 9.17) is 0 Å². The van der Waals surface area contributed by atoms with Gasteiger partial charge in [0.15, 0.2) is 0 Å². The zero-order valence-electron chi connectivity index (χ0n) is 12.4. The molecule has 0 amide bonds. The van der Waals surface area contributed by atoms with Crippen molar-refractivity contribution >= 4 is 0 Å². The van der Waals surface area contributed by atoms with Crippen molar-refractivity contribution in [3.8, 4) is 11.3 Å². The third-order valence-corrected chi connectivity index (χ3v) is 5.27. The molecule has 4 rings (SSSR count). The predicted molar refractivity (Wildman–Crippen MR) is 83.4 cm³/mol. The largest absolute Gasteiger partial charge is 0.302 e. The molecule has 0 aliphatic heterocycles. The summed E-state index contributed by atoms with van der Waals surface area (Å²) < 4.78 is 1.64. The van der Waals surface area contributed by atoms with E-state index in [2.05, 4.69) is 23.2 Å². The van der Waals surface area contributed by atoms with Crippen molar-refractivity contribution in [3.63, 3.8) is 0 Å². The second-order valence-corrected chi connectivity index (χ2v) is 6.56. The number of benzene rings is 1. The van der Waals surface area contributed by atoms with Crippen LogP contribution in [0.2, 0.25) is 0 Å². The number of rotatable bonds is 0. The molecule has 21 heavy (non-hydrogen) atoms. The Bertz CT molecular complexity index is 754. The van der Waals surface area contributed by atoms with Crippen LogP contribution in [0.3, 0.4) is 0 Å². The van der Waals surface area contributed by atoms with Gasteiger partial charge in [-0.25, -0.2) is 4.98 Å². The standard InChI is InChI=1S/C18H20N2O/c1-20-12-19-16-14-8-4-3-7-13(14)11-18(15(16)17(20)21)9-5-2-6-10-18/h3-4,7-8,12H,2,5-6,9-11H2,1H3. The summed E-state index contributed by atoms with van der Waals surface area (Å²) in [4.78, 5) is 17.5. The summed E-state index contributed by atoms with van der Waals surface area (Å²) in [5, 5.41) is 0. The van der Waals surface area contributed by atoms with Crippen molar-refractivity contribution in [2.45, 2.75) is 43.9 Å². The highest BCUT2D eigenvalue weighted by atomic mass is 16.1. The summed E-state index contributed by atoms with van der Waals surface area (Å²) in [5.41, 5.74) is 4.59. The lowest BCUT2D eigenvalue weighted by molar-refractivity contribution is 0.284. The van der Waals surface area contributed by atoms with E-state index in [1.165, 1.54) is 24.8 Å². The first-order chi connectivity index (χ1) is 10.2. The Hall–Kier alpha value is -1.90. The minimum Gasteiger partial charge on any atom is -0.302 e. The topological polar surface area (TPSA) is 34.9 Å². The average molecular weight is 280 g/mol. The Kier molecular flexibility index (Phi) is 2.78. The summed E-state index contributed by atoms with van der Waals surface area (Å²) in [6.45, 7) is 0. The first-order valence-corrected chi connectivity index (χ1v) is 7.86. The second-order valence-electron chi connectivity index (χ2n) is 6.56. The number of hydrogen-bond donors (Lipinski definition) is 0. The fourth-order valence-electron chi connectivity index (χ4n) is 4.23. The highest BCUT2D eigenvalue weighted by molar-refractivity contribution is 5.71. The van der Waals surface area contributed by atoms with Crippen LogP contribution in [0, 0.1) is 0 Å². The molecule has 0 radical (unpaired) electrons. The molecule has 0 N–H and O–H groups in total. The van der Waals surface area contributed by atoms with Crippen molar-refractivity contribution in [2.75, 3.05) is 0 Å². The fraction of sp³-hybridized carbons (Fsp3) is 0.444. The van der Waals surface area contributed by atoms with E-state index in [0.717, 1.165) is 36.1 Å². The first kappa shape index (κ1) is 12.8. The van der Waals surface area contributed by atoms with E-state index < -0.39 is 0 Å². The van der Waals surface area contributed by atoms with E-state index in [1.807, 2.05) is 13.1 Å². The number of aryl methyl sites for hydroxylation is 1. The lowest BCUT2D eigenvalue weighted by atomic mass is 9.62. The van der Waals surface area contributed by atoms with Crippen LogP contribution < -0.4 is 5.56 Å². The molecule has 0 bridgehead atoms. The van der Waals surface area contributed by atoms with Crippen molar-refractivity contribution < 1.29 is 0 Å². The summed E-state index contributed by atoms with van der Waals surface area (Å²) in [6, 6.07) is 8.45. The SMILES string of the molecule is Cn1cnc2c(c1=O)C1(CCCCC1)Cc1ccccc1-2. The number of hydrogen-bond acceptors (Lipinski definition) is 2. The van der Waals surface area contributed by atoms with Crippen LogP contribution in [0.5, 0.6) is 0 Å². The highest BCUT2D eigenvalue weighted by Gasteiger charge is 2.42. The molecule has 2 aromatic rings. The Morgan fingerprint density at radius 3 is 2.71 bits per heavy atom. The third-order valence-electron chi connectivity index (χ3n) is 5.27. The minimum atomic E-state index is 0.0189. The zero-order valence-corrected chi connectivity index (χ0v) is 12.4. The molecule has 0 atom stereocenters. The van der Waals surface area contributed by atoms with E-state index >= 15 is 0 Å². The van der Waals surface area contributed by atoms with Gasteiger partial charge in [-0.2, -0.15) is 0 Å². The third kappa shape index (κ3) is 1.80. The molecule has 0 saturated heterocycles. The van der Waals surface area contributed by atoms with E-state index in [9.17, 15) is 4.79 Å². The van der Waals surface area contributed by atoms with Gasteiger partial charge in [0.25, 0.3) is 5.56 Å². The molecule has 1 fully saturated rings. The number of fused-ring (bicyclic) bond motifs is 4. The Morgan fingerprint density at radius 1 is 1.14 bits per heavy atom. The van der Waals surface area contributed by atoms with Gasteiger partial charge in [0.2, 0.25) is 0 Å². The maximum atomic E-state index is 12.8. The summed E-state index contributed by atoms with van der Waals surface area (Å²) in [7, 11) is 1.81. The Balaban J connectivity index is 2.04. The van der Waals surface area contributed by atoms with Crippen molar-refractivity contribution in [1.29, 1.82) is 0 Å². The molecule has 2 aliphatic rings. The van der Waals surface area contributed by atoms with E-state index in [-0.39, 0.29) is 11.0 Å². The molecule has 1 heterocycles. The van der Waals surface area contributed by atoms with Gasteiger partial charge in [0.05, 0.1) is 17.6 Å². The second kappa shape index (κ2) is 4.55.